The maximum atomic E-state index is 4.88. The van der Waals surface area contributed by atoms with E-state index in [1.807, 2.05) is 50.2 Å². The molecule has 0 aliphatic carbocycles. The number of hydrogen-bond donors (Lipinski definition) is 1. The average molecular weight is 502 g/mol. The fraction of sp³-hybridized carbons (Fsp3) is 0.586. The van der Waals surface area contributed by atoms with Crippen molar-refractivity contribution in [3.63, 3.8) is 0 Å². The van der Waals surface area contributed by atoms with Crippen molar-refractivity contribution in [3.05, 3.63) is 47.7 Å². The minimum absolute atomic E-state index is 0.914. The summed E-state index contributed by atoms with van der Waals surface area (Å²) in [5, 5.41) is 8.10. The number of anilines is 1. The van der Waals surface area contributed by atoms with Crippen LogP contribution in [-0.4, -0.2) is 58.2 Å². The van der Waals surface area contributed by atoms with Crippen molar-refractivity contribution in [2.24, 2.45) is 0 Å². The zero-order valence-corrected chi connectivity index (χ0v) is 24.9. The van der Waals surface area contributed by atoms with Gasteiger partial charge in [-0.3, -0.25) is 0 Å². The molecule has 6 heteroatoms. The summed E-state index contributed by atoms with van der Waals surface area (Å²) in [6, 6.07) is 10.5. The second-order valence-electron chi connectivity index (χ2n) is 8.04. The summed E-state index contributed by atoms with van der Waals surface area (Å²) in [5.41, 5.74) is 5.40. The zero-order chi connectivity index (χ0) is 26.6. The molecule has 1 aromatic carbocycles. The predicted molar refractivity (Wildman–Crippen MR) is 160 cm³/mol. The molecule has 3 aromatic rings. The Morgan fingerprint density at radius 3 is 2.23 bits per heavy atom. The van der Waals surface area contributed by atoms with Crippen LogP contribution in [0, 0.1) is 13.8 Å². The quantitative estimate of drug-likeness (QED) is 0.285. The summed E-state index contributed by atoms with van der Waals surface area (Å²) >= 11 is 1.92. The molecule has 0 radical (unpaired) electrons. The number of nitrogens with zero attached hydrogens (tertiary/aromatic N) is 4. The third kappa shape index (κ3) is 11.5. The number of fused-ring (bicyclic) bond motifs is 1. The lowest BCUT2D eigenvalue weighted by atomic mass is 10.1. The van der Waals surface area contributed by atoms with Crippen LogP contribution in [0.4, 0.5) is 5.82 Å². The molecule has 0 saturated carbocycles. The van der Waals surface area contributed by atoms with Crippen LogP contribution < -0.4 is 5.32 Å². The van der Waals surface area contributed by atoms with Crippen LogP contribution in [-0.2, 0) is 0 Å². The van der Waals surface area contributed by atoms with E-state index < -0.39 is 0 Å². The summed E-state index contributed by atoms with van der Waals surface area (Å²) < 4.78 is 1.92. The molecular weight excluding hydrogens is 450 g/mol. The summed E-state index contributed by atoms with van der Waals surface area (Å²) in [6.07, 6.45) is 7.65. The number of hydrogen-bond acceptors (Lipinski definition) is 5. The molecule has 5 nitrogen and oxygen atoms in total. The van der Waals surface area contributed by atoms with Crippen LogP contribution in [0.15, 0.2) is 36.5 Å². The Morgan fingerprint density at radius 1 is 0.971 bits per heavy atom. The number of rotatable bonds is 10. The summed E-state index contributed by atoms with van der Waals surface area (Å²) in [4.78, 5) is 7.29. The topological polar surface area (TPSA) is 45.5 Å². The molecule has 1 N–H and O–H groups in total. The van der Waals surface area contributed by atoms with Gasteiger partial charge in [0.1, 0.15) is 5.82 Å². The molecule has 0 aliphatic rings. The molecule has 0 amide bonds. The molecule has 198 valence electrons. The molecule has 0 bridgehead atoms. The normalized spacial score (nSPS) is 10.0. The lowest BCUT2D eigenvalue weighted by Crippen LogP contribution is -2.23. The highest BCUT2D eigenvalue weighted by molar-refractivity contribution is 7.98. The van der Waals surface area contributed by atoms with Gasteiger partial charge in [-0.2, -0.15) is 21.4 Å². The van der Waals surface area contributed by atoms with Crippen molar-refractivity contribution in [2.75, 3.05) is 44.0 Å². The van der Waals surface area contributed by atoms with E-state index >= 15 is 0 Å². The largest absolute Gasteiger partial charge is 0.370 e. The molecule has 35 heavy (non-hydrogen) atoms. The molecule has 0 spiro atoms. The highest BCUT2D eigenvalue weighted by atomic mass is 32.2. The van der Waals surface area contributed by atoms with Crippen LogP contribution in [0.3, 0.4) is 0 Å². The highest BCUT2D eigenvalue weighted by Gasteiger charge is 2.12. The Morgan fingerprint density at radius 2 is 1.60 bits per heavy atom. The number of aryl methyl sites for hydroxylation is 2. The average Bonchev–Trinajstić information content (AvgIpc) is 3.26. The Kier molecular flexibility index (Phi) is 19.0. The van der Waals surface area contributed by atoms with E-state index in [9.17, 15) is 0 Å². The summed E-state index contributed by atoms with van der Waals surface area (Å²) in [6.45, 7) is 19.6. The summed E-state index contributed by atoms with van der Waals surface area (Å²) in [5.74, 6) is 2.24. The number of benzene rings is 1. The molecule has 0 unspecified atom stereocenters. The van der Waals surface area contributed by atoms with Crippen molar-refractivity contribution < 1.29 is 0 Å². The van der Waals surface area contributed by atoms with Crippen LogP contribution in [0.2, 0.25) is 0 Å². The lowest BCUT2D eigenvalue weighted by molar-refractivity contribution is 0.334. The molecule has 3 rings (SSSR count). The fourth-order valence-electron chi connectivity index (χ4n) is 3.35. The first-order valence-electron chi connectivity index (χ1n) is 13.3. The van der Waals surface area contributed by atoms with E-state index in [4.69, 9.17) is 4.98 Å². The lowest BCUT2D eigenvalue weighted by Gasteiger charge is -2.17. The van der Waals surface area contributed by atoms with Gasteiger partial charge < -0.3 is 10.2 Å². The van der Waals surface area contributed by atoms with E-state index in [1.54, 1.807) is 0 Å². The van der Waals surface area contributed by atoms with Gasteiger partial charge in [0.05, 0.1) is 11.9 Å². The Bertz CT molecular complexity index is 923. The van der Waals surface area contributed by atoms with Gasteiger partial charge in [-0.05, 0) is 64.4 Å². The molecule has 2 heterocycles. The molecule has 0 saturated heterocycles. The Balaban J connectivity index is 0.00000150. The van der Waals surface area contributed by atoms with E-state index in [-0.39, 0.29) is 0 Å². The van der Waals surface area contributed by atoms with Crippen LogP contribution >= 0.6 is 11.8 Å². The van der Waals surface area contributed by atoms with E-state index in [0.717, 1.165) is 48.8 Å². The first-order chi connectivity index (χ1) is 17.0. The van der Waals surface area contributed by atoms with Gasteiger partial charge >= 0.3 is 0 Å². The van der Waals surface area contributed by atoms with Gasteiger partial charge in [0.25, 0.3) is 0 Å². The van der Waals surface area contributed by atoms with Gasteiger partial charge in [0, 0.05) is 23.7 Å². The van der Waals surface area contributed by atoms with Gasteiger partial charge in [0.2, 0.25) is 0 Å². The number of aromatic nitrogens is 3. The van der Waals surface area contributed by atoms with Gasteiger partial charge in [0.15, 0.2) is 5.65 Å². The minimum Gasteiger partial charge on any atom is -0.370 e. The molecular formula is C29H51N5S. The third-order valence-electron chi connectivity index (χ3n) is 4.98. The predicted octanol–water partition coefficient (Wildman–Crippen LogP) is 7.97. The van der Waals surface area contributed by atoms with Crippen molar-refractivity contribution in [2.45, 2.75) is 74.7 Å². The van der Waals surface area contributed by atoms with E-state index in [1.165, 1.54) is 29.7 Å². The minimum atomic E-state index is 0.914. The molecule has 0 atom stereocenters. The Labute approximate surface area is 220 Å². The van der Waals surface area contributed by atoms with Crippen molar-refractivity contribution in [1.29, 1.82) is 0 Å². The van der Waals surface area contributed by atoms with Crippen molar-refractivity contribution >= 4 is 23.2 Å². The van der Waals surface area contributed by atoms with Crippen molar-refractivity contribution in [1.82, 2.24) is 19.5 Å². The second-order valence-corrected chi connectivity index (χ2v) is 9.03. The van der Waals surface area contributed by atoms with E-state index in [0.29, 0.717) is 0 Å². The molecule has 0 fully saturated rings. The monoisotopic (exact) mass is 501 g/mol. The van der Waals surface area contributed by atoms with E-state index in [2.05, 4.69) is 86.6 Å². The number of thioether (sulfide) groups is 1. The fourth-order valence-corrected chi connectivity index (χ4v) is 3.77. The zero-order valence-electron chi connectivity index (χ0n) is 24.1. The summed E-state index contributed by atoms with van der Waals surface area (Å²) in [7, 11) is 2.21. The van der Waals surface area contributed by atoms with Crippen LogP contribution in [0.25, 0.3) is 16.9 Å². The standard InChI is InChI=1S/C22H31N5S.C3H8.2C2H6/c1-17-9-5-6-10-19(17)20-15-21(27-22(25-20)18(2)16-24-27)23-11-7-12-26(3)13-8-14-28-4;1-3-2;2*1-2/h5-6,9-10,15-16,23H,7-8,11-14H2,1-4H3;3H2,1-2H3;2*1-2H3. The highest BCUT2D eigenvalue weighted by Crippen LogP contribution is 2.26. The SMILES string of the molecule is CC.CC.CCC.CSCCCN(C)CCCNc1cc(-c2ccccc2C)nc2c(C)cnn12. The van der Waals surface area contributed by atoms with Gasteiger partial charge in [-0.25, -0.2) is 4.98 Å². The first kappa shape index (κ1) is 33.0. The number of nitrogens with one attached hydrogen (secondary N) is 1. The maximum absolute atomic E-state index is 4.88. The smallest absolute Gasteiger partial charge is 0.160 e. The Hall–Kier alpha value is -2.05. The first-order valence-corrected chi connectivity index (χ1v) is 14.7. The maximum Gasteiger partial charge on any atom is 0.160 e. The molecule has 2 aromatic heterocycles. The second kappa shape index (κ2) is 20.2. The van der Waals surface area contributed by atoms with Crippen molar-refractivity contribution in [3.8, 4) is 11.3 Å². The van der Waals surface area contributed by atoms with Gasteiger partial charge in [-0.15, -0.1) is 0 Å². The van der Waals surface area contributed by atoms with Gasteiger partial charge in [-0.1, -0.05) is 72.2 Å². The van der Waals surface area contributed by atoms with Crippen LogP contribution in [0.5, 0.6) is 0 Å². The van der Waals surface area contributed by atoms with Crippen LogP contribution in [0.1, 0.15) is 71.9 Å². The third-order valence-corrected chi connectivity index (χ3v) is 5.68. The molecule has 0 aliphatic heterocycles.